The van der Waals surface area contributed by atoms with E-state index >= 15 is 0 Å². The molecule has 2 aromatic heterocycles. The van der Waals surface area contributed by atoms with Crippen LogP contribution in [0.15, 0.2) is 179 Å². The Hall–Kier alpha value is -6.23. The number of para-hydroxylation sites is 4. The Morgan fingerprint density at radius 3 is 1.47 bits per heavy atom. The molecule has 0 bridgehead atoms. The number of nitrogens with one attached hydrogen (secondary N) is 1. The van der Waals surface area contributed by atoms with Crippen LogP contribution in [0.5, 0.6) is 0 Å². The van der Waals surface area contributed by atoms with Crippen molar-refractivity contribution in [3.8, 4) is 0 Å². The van der Waals surface area contributed by atoms with E-state index in [-0.39, 0.29) is 14.9 Å². The predicted molar refractivity (Wildman–Crippen MR) is 222 cm³/mol. The van der Waals surface area contributed by atoms with E-state index < -0.39 is 0 Å². The van der Waals surface area contributed by atoms with Gasteiger partial charge in [0.25, 0.3) is 0 Å². The summed E-state index contributed by atoms with van der Waals surface area (Å²) >= 11 is 6.19. The third kappa shape index (κ3) is 6.83. The second-order valence-electron chi connectivity index (χ2n) is 11.7. The van der Waals surface area contributed by atoms with Crippen LogP contribution in [-0.4, -0.2) is 0 Å². The van der Waals surface area contributed by atoms with Gasteiger partial charge in [-0.25, -0.2) is 0 Å². The molecule has 8 aromatic carbocycles. The number of halogens is 1. The summed E-state index contributed by atoms with van der Waals surface area (Å²) in [5.41, 5.74) is 11.7. The Bertz CT molecular complexity index is 2720. The average molecular weight is 687 g/mol. The lowest BCUT2D eigenvalue weighted by Gasteiger charge is -2.06. The van der Waals surface area contributed by atoms with E-state index in [9.17, 15) is 0 Å². The number of nitrogens with two attached hydrogens (primary N) is 1. The number of nitrogen functional groups attached to an aromatic ring is 1. The fourth-order valence-electron chi connectivity index (χ4n) is 6.33. The van der Waals surface area contributed by atoms with Crippen LogP contribution in [0, 0.1) is 0 Å². The smallest absolute Gasteiger partial charge is 0.158 e. The zero-order chi connectivity index (χ0) is 33.2. The molecule has 3 N–H and O–H groups in total. The van der Waals surface area contributed by atoms with Crippen LogP contribution in [0.25, 0.3) is 65.4 Å². The highest BCUT2D eigenvalue weighted by atomic mass is 35.5. The van der Waals surface area contributed by atoms with Crippen molar-refractivity contribution >= 4 is 94.1 Å². The van der Waals surface area contributed by atoms with E-state index in [0.717, 1.165) is 55.6 Å². The number of benzene rings is 8. The topological polar surface area (TPSA) is 64.3 Å². The first kappa shape index (κ1) is 34.6. The van der Waals surface area contributed by atoms with E-state index in [0.29, 0.717) is 5.02 Å². The number of anilines is 3. The highest BCUT2D eigenvalue weighted by Gasteiger charge is 2.14. The van der Waals surface area contributed by atoms with Crippen molar-refractivity contribution < 1.29 is 8.83 Å². The number of furan rings is 2. The number of rotatable bonds is 2. The van der Waals surface area contributed by atoms with Gasteiger partial charge in [-0.2, -0.15) is 0 Å². The van der Waals surface area contributed by atoms with Crippen LogP contribution in [0.2, 0.25) is 5.02 Å². The van der Waals surface area contributed by atoms with Gasteiger partial charge in [0.1, 0.15) is 11.2 Å². The molecule has 0 amide bonds. The maximum absolute atomic E-state index is 6.20. The van der Waals surface area contributed by atoms with Crippen molar-refractivity contribution in [1.82, 2.24) is 0 Å². The highest BCUT2D eigenvalue weighted by molar-refractivity contribution is 6.36. The lowest BCUT2D eigenvalue weighted by molar-refractivity contribution is 0.669. The van der Waals surface area contributed by atoms with Crippen molar-refractivity contribution in [3.63, 3.8) is 0 Å². The summed E-state index contributed by atoms with van der Waals surface area (Å²) < 4.78 is 12.1. The second kappa shape index (κ2) is 15.1. The number of fused-ring (bicyclic) bond motifs is 10. The Labute approximate surface area is 302 Å². The highest BCUT2D eigenvalue weighted by Crippen LogP contribution is 2.39. The van der Waals surface area contributed by atoms with Crippen LogP contribution in [-0.2, 0) is 0 Å². The molecular formula is C46H39ClN2O2. The van der Waals surface area contributed by atoms with Crippen molar-refractivity contribution in [2.24, 2.45) is 0 Å². The molecule has 0 aliphatic rings. The van der Waals surface area contributed by atoms with Crippen LogP contribution in [0.4, 0.5) is 17.1 Å². The Balaban J connectivity index is 0.000000147. The third-order valence-corrected chi connectivity index (χ3v) is 8.88. The van der Waals surface area contributed by atoms with Gasteiger partial charge in [0.15, 0.2) is 11.2 Å². The number of hydrogen-bond acceptors (Lipinski definition) is 4. The molecule has 0 radical (unpaired) electrons. The summed E-state index contributed by atoms with van der Waals surface area (Å²) in [7, 11) is 0. The van der Waals surface area contributed by atoms with E-state index in [4.69, 9.17) is 26.2 Å². The van der Waals surface area contributed by atoms with Crippen molar-refractivity contribution in [3.05, 3.63) is 175 Å². The van der Waals surface area contributed by atoms with Gasteiger partial charge in [0, 0.05) is 32.9 Å². The lowest BCUT2D eigenvalue weighted by Crippen LogP contribution is -1.89. The number of hydrogen-bond donors (Lipinski definition) is 2. The monoisotopic (exact) mass is 686 g/mol. The zero-order valence-electron chi connectivity index (χ0n) is 26.4. The van der Waals surface area contributed by atoms with Crippen molar-refractivity contribution in [2.75, 3.05) is 11.1 Å². The SMILES string of the molecule is C.C.Clc1cccc2c1oc1ccc3ccccc3c12.Nc1ccccc1.c1ccc(Nc2cccc3c2oc2ccc4ccccc4c23)cc1. The first-order valence-corrected chi connectivity index (χ1v) is 16.5. The van der Waals surface area contributed by atoms with Crippen LogP contribution < -0.4 is 11.1 Å². The van der Waals surface area contributed by atoms with Gasteiger partial charge < -0.3 is 19.9 Å². The third-order valence-electron chi connectivity index (χ3n) is 8.58. The van der Waals surface area contributed by atoms with E-state index in [2.05, 4.69) is 96.3 Å². The van der Waals surface area contributed by atoms with Crippen LogP contribution in [0.3, 0.4) is 0 Å². The molecule has 0 aliphatic heterocycles. The molecule has 2 heterocycles. The Morgan fingerprint density at radius 2 is 0.902 bits per heavy atom. The molecule has 4 nitrogen and oxygen atoms in total. The van der Waals surface area contributed by atoms with Gasteiger partial charge in [-0.15, -0.1) is 0 Å². The van der Waals surface area contributed by atoms with Crippen molar-refractivity contribution in [1.29, 1.82) is 0 Å². The molecule has 252 valence electrons. The molecule has 0 aliphatic carbocycles. The molecule has 0 fully saturated rings. The quantitative estimate of drug-likeness (QED) is 0.178. The summed E-state index contributed by atoms with van der Waals surface area (Å²) in [6.45, 7) is 0. The van der Waals surface area contributed by atoms with Gasteiger partial charge in [0.05, 0.1) is 10.7 Å². The normalized spacial score (nSPS) is 10.6. The summed E-state index contributed by atoms with van der Waals surface area (Å²) in [6, 6.07) is 56.8. The minimum atomic E-state index is 0. The van der Waals surface area contributed by atoms with Gasteiger partial charge in [-0.1, -0.05) is 148 Å². The molecule has 0 spiro atoms. The molecular weight excluding hydrogens is 648 g/mol. The minimum absolute atomic E-state index is 0. The first-order chi connectivity index (χ1) is 24.1. The fraction of sp³-hybridized carbons (Fsp3) is 0.0435. The zero-order valence-corrected chi connectivity index (χ0v) is 27.2. The van der Waals surface area contributed by atoms with E-state index in [1.165, 1.54) is 26.9 Å². The molecule has 0 unspecified atom stereocenters. The Kier molecular flexibility index (Phi) is 10.3. The maximum atomic E-state index is 6.20. The van der Waals surface area contributed by atoms with Gasteiger partial charge in [-0.05, 0) is 70.1 Å². The standard InChI is InChI=1S/C22H15NO.C16H9ClO.C6H7N.2CH4/c1-2-8-16(9-3-1)23-19-12-6-11-18-21-17-10-5-4-7-15(17)13-14-20(21)24-22(18)19;17-13-7-3-6-12-15-11-5-2-1-4-10(11)8-9-14(15)18-16(12)13;7-6-4-2-1-3-5-6;;/h1-14,23H;1-9H;1-5H,7H2;2*1H4. The first-order valence-electron chi connectivity index (χ1n) is 16.1. The molecule has 51 heavy (non-hydrogen) atoms. The van der Waals surface area contributed by atoms with Crippen molar-refractivity contribution in [2.45, 2.75) is 14.9 Å². The van der Waals surface area contributed by atoms with E-state index in [1.54, 1.807) is 0 Å². The maximum Gasteiger partial charge on any atom is 0.158 e. The molecule has 5 heteroatoms. The summed E-state index contributed by atoms with van der Waals surface area (Å²) in [5.74, 6) is 0. The minimum Gasteiger partial charge on any atom is -0.454 e. The van der Waals surface area contributed by atoms with E-state index in [1.807, 2.05) is 78.9 Å². The average Bonchev–Trinajstić information content (AvgIpc) is 3.74. The molecule has 0 saturated carbocycles. The summed E-state index contributed by atoms with van der Waals surface area (Å²) in [4.78, 5) is 0. The van der Waals surface area contributed by atoms with Gasteiger partial charge in [-0.3, -0.25) is 0 Å². The van der Waals surface area contributed by atoms with Gasteiger partial charge in [0.2, 0.25) is 0 Å². The van der Waals surface area contributed by atoms with Gasteiger partial charge >= 0.3 is 0 Å². The largest absolute Gasteiger partial charge is 0.454 e. The van der Waals surface area contributed by atoms with Crippen LogP contribution >= 0.6 is 11.6 Å². The fourth-order valence-corrected chi connectivity index (χ4v) is 6.54. The lowest BCUT2D eigenvalue weighted by atomic mass is 10.0. The molecule has 0 atom stereocenters. The second-order valence-corrected chi connectivity index (χ2v) is 12.1. The Morgan fingerprint density at radius 1 is 0.431 bits per heavy atom. The molecule has 0 saturated heterocycles. The van der Waals surface area contributed by atoms with Crippen LogP contribution in [0.1, 0.15) is 14.9 Å². The summed E-state index contributed by atoms with van der Waals surface area (Å²) in [5, 5.41) is 13.5. The molecule has 10 rings (SSSR count). The predicted octanol–water partition coefficient (Wildman–Crippen LogP) is 14.4. The summed E-state index contributed by atoms with van der Waals surface area (Å²) in [6.07, 6.45) is 0. The molecule has 10 aromatic rings.